The standard InChI is InChI=1S/C27H26N6O4/c1-16-13-22(23(34)15-37-27(36)20-11-12-24-29-28-19(4)31(24)14-20)17(2)32(16)25-18(3)30(5)33(26(25)35)21-9-7-6-8-10-21/h6-14H,15H2,1-5H3. The number of ketones is 1. The molecule has 0 aliphatic carbocycles. The molecule has 0 saturated carbocycles. The number of para-hydroxylation sites is 1. The SMILES string of the molecule is Cc1cc(C(=O)COC(=O)c2ccc3nnc(C)n3c2)c(C)n1-c1c(C)n(C)n(-c2ccccc2)c1=O. The van der Waals surface area contributed by atoms with Crippen LogP contribution < -0.4 is 5.56 Å². The van der Waals surface area contributed by atoms with Gasteiger partial charge in [0.25, 0.3) is 5.56 Å². The fourth-order valence-electron chi connectivity index (χ4n) is 4.62. The van der Waals surface area contributed by atoms with Crippen molar-refractivity contribution in [1.29, 1.82) is 0 Å². The summed E-state index contributed by atoms with van der Waals surface area (Å²) in [5, 5.41) is 7.96. The Hall–Kier alpha value is -4.73. The lowest BCUT2D eigenvalue weighted by Crippen LogP contribution is -2.22. The van der Waals surface area contributed by atoms with Crippen LogP contribution in [0.15, 0.2) is 59.5 Å². The molecule has 5 rings (SSSR count). The number of rotatable bonds is 6. The number of ether oxygens (including phenoxy) is 1. The zero-order chi connectivity index (χ0) is 26.4. The summed E-state index contributed by atoms with van der Waals surface area (Å²) in [5.41, 5.74) is 4.39. The summed E-state index contributed by atoms with van der Waals surface area (Å²) >= 11 is 0. The second-order valence-corrected chi connectivity index (χ2v) is 8.92. The maximum atomic E-state index is 13.5. The monoisotopic (exact) mass is 498 g/mol. The van der Waals surface area contributed by atoms with Gasteiger partial charge in [-0.05, 0) is 58.0 Å². The third kappa shape index (κ3) is 3.96. The van der Waals surface area contributed by atoms with Crippen molar-refractivity contribution in [3.05, 3.63) is 99.1 Å². The van der Waals surface area contributed by atoms with Gasteiger partial charge in [0.1, 0.15) is 11.5 Å². The van der Waals surface area contributed by atoms with Crippen molar-refractivity contribution in [3.8, 4) is 11.4 Å². The predicted molar refractivity (Wildman–Crippen MR) is 137 cm³/mol. The maximum absolute atomic E-state index is 13.5. The normalized spacial score (nSPS) is 11.3. The molecule has 4 aromatic heterocycles. The zero-order valence-electron chi connectivity index (χ0n) is 21.2. The van der Waals surface area contributed by atoms with Gasteiger partial charge in [-0.25, -0.2) is 9.48 Å². The van der Waals surface area contributed by atoms with Gasteiger partial charge < -0.3 is 9.30 Å². The fraction of sp³-hybridized carbons (Fsp3) is 0.222. The van der Waals surface area contributed by atoms with Crippen molar-refractivity contribution < 1.29 is 14.3 Å². The molecule has 0 radical (unpaired) electrons. The molecule has 10 heteroatoms. The number of carbonyl (C=O) groups is 2. The molecule has 5 aromatic rings. The Morgan fingerprint density at radius 2 is 1.68 bits per heavy atom. The smallest absolute Gasteiger partial charge is 0.340 e. The third-order valence-electron chi connectivity index (χ3n) is 6.62. The van der Waals surface area contributed by atoms with E-state index in [0.717, 1.165) is 17.1 Å². The van der Waals surface area contributed by atoms with Gasteiger partial charge in [0, 0.05) is 30.2 Å². The first kappa shape index (κ1) is 24.0. The number of benzene rings is 1. The average Bonchev–Trinajstić information content (AvgIpc) is 3.48. The van der Waals surface area contributed by atoms with Crippen LogP contribution in [-0.2, 0) is 11.8 Å². The minimum absolute atomic E-state index is 0.196. The lowest BCUT2D eigenvalue weighted by atomic mass is 10.1. The van der Waals surface area contributed by atoms with Gasteiger partial charge in [-0.1, -0.05) is 18.2 Å². The van der Waals surface area contributed by atoms with Crippen molar-refractivity contribution in [3.63, 3.8) is 0 Å². The first-order valence-corrected chi connectivity index (χ1v) is 11.7. The van der Waals surface area contributed by atoms with E-state index < -0.39 is 12.6 Å². The van der Waals surface area contributed by atoms with Gasteiger partial charge in [0.15, 0.2) is 12.3 Å². The molecule has 4 heterocycles. The topological polar surface area (TPSA) is 105 Å². The van der Waals surface area contributed by atoms with E-state index in [2.05, 4.69) is 10.2 Å². The molecule has 10 nitrogen and oxygen atoms in total. The Morgan fingerprint density at radius 1 is 0.946 bits per heavy atom. The minimum Gasteiger partial charge on any atom is -0.454 e. The molecule has 0 saturated heterocycles. The van der Waals surface area contributed by atoms with Gasteiger partial charge in [-0.15, -0.1) is 10.2 Å². The van der Waals surface area contributed by atoms with Crippen molar-refractivity contribution in [2.75, 3.05) is 6.61 Å². The van der Waals surface area contributed by atoms with Crippen molar-refractivity contribution in [1.82, 2.24) is 28.5 Å². The maximum Gasteiger partial charge on any atom is 0.340 e. The highest BCUT2D eigenvalue weighted by Gasteiger charge is 2.24. The molecule has 0 bridgehead atoms. The summed E-state index contributed by atoms with van der Waals surface area (Å²) in [6, 6.07) is 14.3. The van der Waals surface area contributed by atoms with Crippen molar-refractivity contribution in [2.45, 2.75) is 27.7 Å². The first-order valence-electron chi connectivity index (χ1n) is 11.7. The Balaban J connectivity index is 1.42. The second-order valence-electron chi connectivity index (χ2n) is 8.92. The van der Waals surface area contributed by atoms with E-state index in [4.69, 9.17) is 4.74 Å². The number of fused-ring (bicyclic) bond motifs is 1. The van der Waals surface area contributed by atoms with Crippen LogP contribution in [0.3, 0.4) is 0 Å². The van der Waals surface area contributed by atoms with Crippen LogP contribution in [-0.4, -0.2) is 46.9 Å². The molecule has 0 aliphatic heterocycles. The van der Waals surface area contributed by atoms with E-state index in [1.807, 2.05) is 51.2 Å². The quantitative estimate of drug-likeness (QED) is 0.263. The van der Waals surface area contributed by atoms with Crippen LogP contribution in [0.4, 0.5) is 0 Å². The Labute approximate surface area is 212 Å². The lowest BCUT2D eigenvalue weighted by molar-refractivity contribution is 0.0474. The molecule has 188 valence electrons. The Kier molecular flexibility index (Phi) is 5.87. The van der Waals surface area contributed by atoms with E-state index >= 15 is 0 Å². The number of carbonyl (C=O) groups excluding carboxylic acids is 2. The van der Waals surface area contributed by atoms with Gasteiger partial charge >= 0.3 is 5.97 Å². The molecule has 0 atom stereocenters. The molecular formula is C27H26N6O4. The zero-order valence-corrected chi connectivity index (χ0v) is 21.2. The van der Waals surface area contributed by atoms with Crippen LogP contribution in [0.2, 0.25) is 0 Å². The van der Waals surface area contributed by atoms with Crippen LogP contribution in [0.5, 0.6) is 0 Å². The molecule has 1 aromatic carbocycles. The highest BCUT2D eigenvalue weighted by atomic mass is 16.5. The molecular weight excluding hydrogens is 472 g/mol. The minimum atomic E-state index is -0.623. The van der Waals surface area contributed by atoms with Crippen molar-refractivity contribution in [2.24, 2.45) is 7.05 Å². The third-order valence-corrected chi connectivity index (χ3v) is 6.62. The molecule has 0 spiro atoms. The largest absolute Gasteiger partial charge is 0.454 e. The number of Topliss-reactive ketones (excluding diaryl/α,β-unsaturated/α-hetero) is 1. The van der Waals surface area contributed by atoms with Crippen LogP contribution >= 0.6 is 0 Å². The number of pyridine rings is 1. The molecule has 0 amide bonds. The summed E-state index contributed by atoms with van der Waals surface area (Å²) < 4.78 is 12.2. The number of hydrogen-bond acceptors (Lipinski definition) is 6. The first-order chi connectivity index (χ1) is 17.7. The number of hydrogen-bond donors (Lipinski definition) is 0. The summed E-state index contributed by atoms with van der Waals surface area (Å²) in [6.45, 7) is 6.84. The summed E-state index contributed by atoms with van der Waals surface area (Å²) in [4.78, 5) is 39.2. The van der Waals surface area contributed by atoms with Crippen molar-refractivity contribution >= 4 is 17.4 Å². The number of aryl methyl sites for hydroxylation is 2. The fourth-order valence-corrected chi connectivity index (χ4v) is 4.62. The molecule has 0 aliphatic rings. The molecule has 0 fully saturated rings. The molecule has 0 N–H and O–H groups in total. The van der Waals surface area contributed by atoms with Gasteiger partial charge in [0.2, 0.25) is 5.78 Å². The van der Waals surface area contributed by atoms with E-state index in [0.29, 0.717) is 28.4 Å². The average molecular weight is 499 g/mol. The highest BCUT2D eigenvalue weighted by molar-refractivity contribution is 6.00. The van der Waals surface area contributed by atoms with E-state index in [1.165, 1.54) is 0 Å². The van der Waals surface area contributed by atoms with Gasteiger partial charge in [0.05, 0.1) is 16.9 Å². The number of nitrogens with zero attached hydrogens (tertiary/aromatic N) is 6. The second kappa shape index (κ2) is 9.05. The summed E-state index contributed by atoms with van der Waals surface area (Å²) in [6.07, 6.45) is 1.58. The number of aromatic nitrogens is 6. The molecule has 0 unspecified atom stereocenters. The lowest BCUT2D eigenvalue weighted by Gasteiger charge is -2.09. The summed E-state index contributed by atoms with van der Waals surface area (Å²) in [5.74, 6) is -0.344. The van der Waals surface area contributed by atoms with E-state index in [9.17, 15) is 14.4 Å². The van der Waals surface area contributed by atoms with Crippen LogP contribution in [0, 0.1) is 27.7 Å². The highest BCUT2D eigenvalue weighted by Crippen LogP contribution is 2.23. The predicted octanol–water partition coefficient (Wildman–Crippen LogP) is 3.28. The number of esters is 1. The van der Waals surface area contributed by atoms with Crippen LogP contribution in [0.1, 0.15) is 43.6 Å². The summed E-state index contributed by atoms with van der Waals surface area (Å²) in [7, 11) is 1.83. The molecule has 37 heavy (non-hydrogen) atoms. The Morgan fingerprint density at radius 3 is 2.41 bits per heavy atom. The van der Waals surface area contributed by atoms with Gasteiger partial charge in [-0.2, -0.15) is 0 Å². The Bertz CT molecular complexity index is 1740. The van der Waals surface area contributed by atoms with Crippen LogP contribution in [0.25, 0.3) is 17.0 Å². The van der Waals surface area contributed by atoms with Gasteiger partial charge in [-0.3, -0.25) is 18.7 Å². The van der Waals surface area contributed by atoms with E-state index in [-0.39, 0.29) is 16.9 Å². The van der Waals surface area contributed by atoms with E-state index in [1.54, 1.807) is 56.6 Å².